The number of halogens is 1. The van der Waals surface area contributed by atoms with Gasteiger partial charge in [-0.1, -0.05) is 15.9 Å². The summed E-state index contributed by atoms with van der Waals surface area (Å²) in [6.07, 6.45) is 0. The van der Waals surface area contributed by atoms with Crippen molar-refractivity contribution in [2.45, 2.75) is 6.92 Å². The van der Waals surface area contributed by atoms with Crippen molar-refractivity contribution in [3.05, 3.63) is 46.1 Å². The lowest BCUT2D eigenvalue weighted by molar-refractivity contribution is -0.114. The quantitative estimate of drug-likeness (QED) is 0.739. The number of nitrogens with zero attached hydrogens (tertiary/aromatic N) is 2. The van der Waals surface area contributed by atoms with Crippen LogP contribution < -0.4 is 16.0 Å². The summed E-state index contributed by atoms with van der Waals surface area (Å²) in [6.45, 7) is 1.99. The van der Waals surface area contributed by atoms with Gasteiger partial charge in [0.2, 0.25) is 5.91 Å². The van der Waals surface area contributed by atoms with Crippen molar-refractivity contribution in [2.75, 3.05) is 24.2 Å². The molecule has 1 aromatic carbocycles. The summed E-state index contributed by atoms with van der Waals surface area (Å²) in [4.78, 5) is 23.2. The number of nitrogens with one attached hydrogen (secondary N) is 3. The predicted octanol–water partition coefficient (Wildman–Crippen LogP) is 1.96. The highest BCUT2D eigenvalue weighted by molar-refractivity contribution is 9.10. The third-order valence-corrected chi connectivity index (χ3v) is 3.89. The molecule has 0 atom stereocenters. The highest BCUT2D eigenvalue weighted by Gasteiger charge is 2.07. The average molecular weight is 378 g/mol. The number of amides is 2. The summed E-state index contributed by atoms with van der Waals surface area (Å²) in [5, 5.41) is 15.7. The van der Waals surface area contributed by atoms with E-state index in [9.17, 15) is 9.59 Å². The molecule has 1 heterocycles. The van der Waals surface area contributed by atoms with Crippen molar-refractivity contribution in [1.29, 1.82) is 0 Å². The van der Waals surface area contributed by atoms with Gasteiger partial charge < -0.3 is 16.0 Å². The van der Waals surface area contributed by atoms with Crippen molar-refractivity contribution in [2.24, 2.45) is 0 Å². The Bertz CT molecular complexity index is 718. The highest BCUT2D eigenvalue weighted by Crippen LogP contribution is 2.19. The maximum atomic E-state index is 11.9. The van der Waals surface area contributed by atoms with Gasteiger partial charge in [0.05, 0.1) is 6.54 Å². The number of carbonyl (C=O) groups excluding carboxylic acids is 2. The third-order valence-electron chi connectivity index (χ3n) is 3.00. The molecule has 8 heteroatoms. The molecule has 0 bridgehead atoms. The SMILES string of the molecule is CNC(=O)c1ccc(NCC(=O)Nc2ccc(Br)c(C)c2)nn1. The Morgan fingerprint density at radius 3 is 2.57 bits per heavy atom. The standard InChI is InChI=1S/C15H16BrN5O2/c1-9-7-10(3-4-11(9)16)19-14(22)8-18-13-6-5-12(20-21-13)15(23)17-2/h3-7H,8H2,1-2H3,(H,17,23)(H,18,21)(H,19,22). The van der Waals surface area contributed by atoms with Crippen LogP contribution in [0.5, 0.6) is 0 Å². The normalized spacial score (nSPS) is 10.0. The van der Waals surface area contributed by atoms with Gasteiger partial charge in [0.25, 0.3) is 5.91 Å². The van der Waals surface area contributed by atoms with Crippen LogP contribution in [0.15, 0.2) is 34.8 Å². The van der Waals surface area contributed by atoms with E-state index in [1.165, 1.54) is 13.1 Å². The molecule has 2 amide bonds. The van der Waals surface area contributed by atoms with Gasteiger partial charge in [-0.2, -0.15) is 0 Å². The van der Waals surface area contributed by atoms with Gasteiger partial charge in [-0.3, -0.25) is 9.59 Å². The van der Waals surface area contributed by atoms with E-state index in [-0.39, 0.29) is 24.1 Å². The molecule has 0 fully saturated rings. The summed E-state index contributed by atoms with van der Waals surface area (Å²) in [5.41, 5.74) is 1.97. The van der Waals surface area contributed by atoms with Crippen molar-refractivity contribution >= 4 is 39.2 Å². The number of hydrogen-bond acceptors (Lipinski definition) is 5. The summed E-state index contributed by atoms with van der Waals surface area (Å²) in [5.74, 6) is -0.101. The van der Waals surface area contributed by atoms with E-state index in [0.717, 1.165) is 15.7 Å². The van der Waals surface area contributed by atoms with Crippen LogP contribution >= 0.6 is 15.9 Å². The van der Waals surface area contributed by atoms with Crippen LogP contribution in [0.3, 0.4) is 0 Å². The van der Waals surface area contributed by atoms with E-state index < -0.39 is 0 Å². The molecule has 0 radical (unpaired) electrons. The topological polar surface area (TPSA) is 96.0 Å². The lowest BCUT2D eigenvalue weighted by Gasteiger charge is -2.08. The number of aryl methyl sites for hydroxylation is 1. The van der Waals surface area contributed by atoms with E-state index in [0.29, 0.717) is 5.82 Å². The Balaban J connectivity index is 1.88. The number of benzene rings is 1. The van der Waals surface area contributed by atoms with Crippen LogP contribution in [0, 0.1) is 6.92 Å². The molecule has 0 aliphatic heterocycles. The molecule has 3 N–H and O–H groups in total. The van der Waals surface area contributed by atoms with Crippen LogP contribution in [0.2, 0.25) is 0 Å². The molecule has 0 saturated heterocycles. The molecule has 23 heavy (non-hydrogen) atoms. The van der Waals surface area contributed by atoms with E-state index >= 15 is 0 Å². The van der Waals surface area contributed by atoms with Crippen molar-refractivity contribution in [1.82, 2.24) is 15.5 Å². The van der Waals surface area contributed by atoms with E-state index in [4.69, 9.17) is 0 Å². The van der Waals surface area contributed by atoms with Crippen LogP contribution in [-0.4, -0.2) is 35.6 Å². The first-order valence-corrected chi connectivity index (χ1v) is 7.64. The molecule has 2 rings (SSSR count). The molecule has 0 unspecified atom stereocenters. The van der Waals surface area contributed by atoms with Crippen LogP contribution in [0.4, 0.5) is 11.5 Å². The van der Waals surface area contributed by atoms with Gasteiger partial charge >= 0.3 is 0 Å². The lowest BCUT2D eigenvalue weighted by Crippen LogP contribution is -2.23. The summed E-state index contributed by atoms with van der Waals surface area (Å²) >= 11 is 3.41. The third kappa shape index (κ3) is 4.75. The second-order valence-corrected chi connectivity index (χ2v) is 5.60. The van der Waals surface area contributed by atoms with Gasteiger partial charge in [0.1, 0.15) is 5.82 Å². The predicted molar refractivity (Wildman–Crippen MR) is 91.4 cm³/mol. The maximum Gasteiger partial charge on any atom is 0.271 e. The fourth-order valence-electron chi connectivity index (χ4n) is 1.77. The first-order valence-electron chi connectivity index (χ1n) is 6.85. The zero-order chi connectivity index (χ0) is 16.8. The minimum Gasteiger partial charge on any atom is -0.360 e. The number of aromatic nitrogens is 2. The smallest absolute Gasteiger partial charge is 0.271 e. The van der Waals surface area contributed by atoms with E-state index in [2.05, 4.69) is 42.1 Å². The van der Waals surface area contributed by atoms with Gasteiger partial charge in [-0.15, -0.1) is 10.2 Å². The summed E-state index contributed by atoms with van der Waals surface area (Å²) in [6, 6.07) is 8.69. The van der Waals surface area contributed by atoms with Gasteiger partial charge in [-0.25, -0.2) is 0 Å². The Hall–Kier alpha value is -2.48. The van der Waals surface area contributed by atoms with Gasteiger partial charge in [0.15, 0.2) is 5.69 Å². The van der Waals surface area contributed by atoms with Gasteiger partial charge in [0, 0.05) is 17.2 Å². The monoisotopic (exact) mass is 377 g/mol. The molecule has 0 saturated carbocycles. The minimum absolute atomic E-state index is 0.0448. The average Bonchev–Trinajstić information content (AvgIpc) is 2.56. The van der Waals surface area contributed by atoms with Crippen molar-refractivity contribution in [3.63, 3.8) is 0 Å². The van der Waals surface area contributed by atoms with Crippen LogP contribution in [0.25, 0.3) is 0 Å². The molecule has 0 spiro atoms. The zero-order valence-corrected chi connectivity index (χ0v) is 14.3. The number of hydrogen-bond donors (Lipinski definition) is 3. The Kier molecular flexibility index (Phi) is 5.64. The Morgan fingerprint density at radius 1 is 1.17 bits per heavy atom. The number of anilines is 2. The van der Waals surface area contributed by atoms with Crippen LogP contribution in [-0.2, 0) is 4.79 Å². The van der Waals surface area contributed by atoms with Crippen molar-refractivity contribution in [3.8, 4) is 0 Å². The minimum atomic E-state index is -0.313. The molecule has 120 valence electrons. The second kappa shape index (κ2) is 7.68. The molecule has 2 aromatic rings. The lowest BCUT2D eigenvalue weighted by atomic mass is 10.2. The Labute approximate surface area is 142 Å². The molecule has 0 aliphatic carbocycles. The first kappa shape index (κ1) is 16.9. The first-order chi connectivity index (χ1) is 11.0. The highest BCUT2D eigenvalue weighted by atomic mass is 79.9. The summed E-state index contributed by atoms with van der Waals surface area (Å²) in [7, 11) is 1.52. The van der Waals surface area contributed by atoms with Gasteiger partial charge in [-0.05, 0) is 42.8 Å². The summed E-state index contributed by atoms with van der Waals surface area (Å²) < 4.78 is 0.986. The fraction of sp³-hybridized carbons (Fsp3) is 0.200. The Morgan fingerprint density at radius 2 is 1.96 bits per heavy atom. The molecular weight excluding hydrogens is 362 g/mol. The molecular formula is C15H16BrN5O2. The van der Waals surface area contributed by atoms with Crippen molar-refractivity contribution < 1.29 is 9.59 Å². The number of carbonyl (C=O) groups is 2. The molecule has 1 aromatic heterocycles. The molecule has 7 nitrogen and oxygen atoms in total. The van der Waals surface area contributed by atoms with E-state index in [1.54, 1.807) is 6.07 Å². The largest absolute Gasteiger partial charge is 0.360 e. The van der Waals surface area contributed by atoms with E-state index in [1.807, 2.05) is 25.1 Å². The van der Waals surface area contributed by atoms with Crippen LogP contribution in [0.1, 0.15) is 16.1 Å². The molecule has 0 aliphatic rings. The second-order valence-electron chi connectivity index (χ2n) is 4.75. The fourth-order valence-corrected chi connectivity index (χ4v) is 2.02. The number of rotatable bonds is 5. The maximum absolute atomic E-state index is 11.9. The zero-order valence-electron chi connectivity index (χ0n) is 12.7.